The molecule has 1 fully saturated rings. The van der Waals surface area contributed by atoms with Gasteiger partial charge in [-0.3, -0.25) is 9.69 Å². The molecule has 150 valence electrons. The minimum Gasteiger partial charge on any atom is -0.383 e. The lowest BCUT2D eigenvalue weighted by molar-refractivity contribution is -0.121. The normalized spacial score (nSPS) is 17.1. The Labute approximate surface area is 165 Å². The highest BCUT2D eigenvalue weighted by molar-refractivity contribution is 5.85. The van der Waals surface area contributed by atoms with E-state index in [-0.39, 0.29) is 55.4 Å². The van der Waals surface area contributed by atoms with Crippen LogP contribution < -0.4 is 10.6 Å². The Balaban J connectivity index is 0.00000312. The minimum atomic E-state index is -0.525. The third-order valence-electron chi connectivity index (χ3n) is 4.08. The van der Waals surface area contributed by atoms with Crippen LogP contribution in [0.3, 0.4) is 0 Å². The second-order valence-electron chi connectivity index (χ2n) is 6.01. The number of hydrogen-bond acceptors (Lipinski definition) is 4. The van der Waals surface area contributed by atoms with Gasteiger partial charge in [0, 0.05) is 38.3 Å². The molecule has 5 nitrogen and oxygen atoms in total. The van der Waals surface area contributed by atoms with Crippen molar-refractivity contribution in [2.24, 2.45) is 0 Å². The van der Waals surface area contributed by atoms with Gasteiger partial charge < -0.3 is 15.4 Å². The summed E-state index contributed by atoms with van der Waals surface area (Å²) in [5.41, 5.74) is 0.0886. The van der Waals surface area contributed by atoms with E-state index in [0.717, 1.165) is 19.4 Å². The first-order valence-electron chi connectivity index (χ1n) is 8.24. The smallest absolute Gasteiger partial charge is 0.234 e. The monoisotopic (exact) mass is 413 g/mol. The summed E-state index contributed by atoms with van der Waals surface area (Å²) in [5.74, 6) is -1.12. The van der Waals surface area contributed by atoms with Crippen LogP contribution in [0.2, 0.25) is 0 Å². The molecule has 1 amide bonds. The molecule has 1 atom stereocenters. The lowest BCUT2D eigenvalue weighted by atomic mass is 10.0. The zero-order valence-electron chi connectivity index (χ0n) is 14.8. The number of carbonyl (C=O) groups is 1. The van der Waals surface area contributed by atoms with Crippen molar-refractivity contribution in [2.75, 3.05) is 39.9 Å². The number of carbonyl (C=O) groups excluding carboxylic acids is 1. The van der Waals surface area contributed by atoms with E-state index in [1.807, 2.05) is 4.90 Å². The van der Waals surface area contributed by atoms with E-state index in [9.17, 15) is 13.6 Å². The van der Waals surface area contributed by atoms with Gasteiger partial charge in [-0.05, 0) is 31.5 Å². The van der Waals surface area contributed by atoms with Crippen LogP contribution >= 0.6 is 24.8 Å². The number of amides is 1. The average molecular weight is 414 g/mol. The van der Waals surface area contributed by atoms with Crippen LogP contribution in [0.25, 0.3) is 0 Å². The Morgan fingerprint density at radius 2 is 2.00 bits per heavy atom. The first-order chi connectivity index (χ1) is 11.6. The Kier molecular flexibility index (Phi) is 12.7. The number of nitrogens with one attached hydrogen (secondary N) is 2. The zero-order valence-corrected chi connectivity index (χ0v) is 16.4. The highest BCUT2D eigenvalue weighted by Gasteiger charge is 2.23. The summed E-state index contributed by atoms with van der Waals surface area (Å²) in [6.45, 7) is 2.99. The SMILES string of the molecule is COCCNCC(=O)NC1CCCN(Cc2c(F)cccc2F)C1.Cl.Cl. The first-order valence-corrected chi connectivity index (χ1v) is 8.24. The number of piperidine rings is 1. The summed E-state index contributed by atoms with van der Waals surface area (Å²) >= 11 is 0. The third-order valence-corrected chi connectivity index (χ3v) is 4.08. The molecular weight excluding hydrogens is 387 g/mol. The molecule has 0 saturated carbocycles. The van der Waals surface area contributed by atoms with Gasteiger partial charge in [-0.1, -0.05) is 6.07 Å². The molecule has 1 aliphatic heterocycles. The lowest BCUT2D eigenvalue weighted by Crippen LogP contribution is -2.49. The lowest BCUT2D eigenvalue weighted by Gasteiger charge is -2.33. The number of likely N-dealkylation sites (tertiary alicyclic amines) is 1. The Bertz CT molecular complexity index is 532. The largest absolute Gasteiger partial charge is 0.383 e. The van der Waals surface area contributed by atoms with Crippen molar-refractivity contribution in [2.45, 2.75) is 25.4 Å². The standard InChI is InChI=1S/C17H25F2N3O2.2ClH/c1-24-9-7-20-10-17(23)21-13-4-3-8-22(11-13)12-14-15(18)5-2-6-16(14)19;;/h2,5-6,13,20H,3-4,7-12H2,1H3,(H,21,23);2*1H. The van der Waals surface area contributed by atoms with Gasteiger partial charge in [0.25, 0.3) is 0 Å². The molecule has 0 aliphatic carbocycles. The second-order valence-corrected chi connectivity index (χ2v) is 6.01. The van der Waals surface area contributed by atoms with Crippen molar-refractivity contribution in [3.8, 4) is 0 Å². The molecular formula is C17H27Cl2F2N3O2. The molecule has 1 aromatic carbocycles. The Morgan fingerprint density at radius 1 is 1.31 bits per heavy atom. The summed E-state index contributed by atoms with van der Waals surface area (Å²) in [6, 6.07) is 3.91. The summed E-state index contributed by atoms with van der Waals surface area (Å²) in [5, 5.41) is 5.96. The van der Waals surface area contributed by atoms with Crippen molar-refractivity contribution < 1.29 is 18.3 Å². The van der Waals surface area contributed by atoms with Gasteiger partial charge in [-0.25, -0.2) is 8.78 Å². The van der Waals surface area contributed by atoms with Crippen molar-refractivity contribution >= 4 is 30.7 Å². The van der Waals surface area contributed by atoms with Gasteiger partial charge in [0.15, 0.2) is 0 Å². The van der Waals surface area contributed by atoms with Crippen LogP contribution in [0.5, 0.6) is 0 Å². The van der Waals surface area contributed by atoms with Crippen LogP contribution in [-0.4, -0.2) is 56.7 Å². The highest BCUT2D eigenvalue weighted by Crippen LogP contribution is 2.18. The average Bonchev–Trinajstić information content (AvgIpc) is 2.56. The van der Waals surface area contributed by atoms with Gasteiger partial charge in [0.1, 0.15) is 11.6 Å². The number of ether oxygens (including phenoxy) is 1. The molecule has 1 unspecified atom stereocenters. The maximum Gasteiger partial charge on any atom is 0.234 e. The van der Waals surface area contributed by atoms with Crippen LogP contribution in [-0.2, 0) is 16.1 Å². The summed E-state index contributed by atoms with van der Waals surface area (Å²) in [6.07, 6.45) is 1.76. The molecule has 2 N–H and O–H groups in total. The van der Waals surface area contributed by atoms with Gasteiger partial charge in [0.2, 0.25) is 5.91 Å². The van der Waals surface area contributed by atoms with E-state index in [2.05, 4.69) is 10.6 Å². The van der Waals surface area contributed by atoms with Crippen molar-refractivity contribution in [3.63, 3.8) is 0 Å². The van der Waals surface area contributed by atoms with Crippen molar-refractivity contribution in [1.29, 1.82) is 0 Å². The van der Waals surface area contributed by atoms with Crippen LogP contribution in [0.4, 0.5) is 8.78 Å². The Hall–Kier alpha value is -0.990. The molecule has 1 heterocycles. The fourth-order valence-electron chi connectivity index (χ4n) is 2.88. The van der Waals surface area contributed by atoms with E-state index in [1.54, 1.807) is 7.11 Å². The fraction of sp³-hybridized carbons (Fsp3) is 0.588. The van der Waals surface area contributed by atoms with Gasteiger partial charge in [-0.15, -0.1) is 24.8 Å². The number of methoxy groups -OCH3 is 1. The molecule has 0 bridgehead atoms. The molecule has 1 aromatic rings. The second kappa shape index (κ2) is 13.2. The first kappa shape index (κ1) is 25.0. The van der Waals surface area contributed by atoms with Crippen LogP contribution in [0.1, 0.15) is 18.4 Å². The quantitative estimate of drug-likeness (QED) is 0.640. The van der Waals surface area contributed by atoms with Gasteiger partial charge in [0.05, 0.1) is 13.2 Å². The van der Waals surface area contributed by atoms with Crippen molar-refractivity contribution in [1.82, 2.24) is 15.5 Å². The van der Waals surface area contributed by atoms with Gasteiger partial charge >= 0.3 is 0 Å². The number of hydrogen-bond donors (Lipinski definition) is 2. The molecule has 0 spiro atoms. The topological polar surface area (TPSA) is 53.6 Å². The maximum absolute atomic E-state index is 13.8. The summed E-state index contributed by atoms with van der Waals surface area (Å²) < 4.78 is 32.4. The number of rotatable bonds is 8. The van der Waals surface area contributed by atoms with E-state index in [4.69, 9.17) is 4.74 Å². The highest BCUT2D eigenvalue weighted by atomic mass is 35.5. The van der Waals surface area contributed by atoms with Crippen LogP contribution in [0, 0.1) is 11.6 Å². The summed E-state index contributed by atoms with van der Waals surface area (Å²) in [7, 11) is 1.61. The van der Waals surface area contributed by atoms with E-state index in [1.165, 1.54) is 18.2 Å². The third kappa shape index (κ3) is 8.14. The minimum absolute atomic E-state index is 0. The molecule has 2 rings (SSSR count). The van der Waals surface area contributed by atoms with Crippen LogP contribution in [0.15, 0.2) is 18.2 Å². The predicted octanol–water partition coefficient (Wildman–Crippen LogP) is 2.13. The van der Waals surface area contributed by atoms with Crippen molar-refractivity contribution in [3.05, 3.63) is 35.4 Å². The van der Waals surface area contributed by atoms with E-state index >= 15 is 0 Å². The Morgan fingerprint density at radius 3 is 2.65 bits per heavy atom. The van der Waals surface area contributed by atoms with Gasteiger partial charge in [-0.2, -0.15) is 0 Å². The zero-order chi connectivity index (χ0) is 17.4. The predicted molar refractivity (Wildman–Crippen MR) is 102 cm³/mol. The molecule has 9 heteroatoms. The molecule has 0 radical (unpaired) electrons. The summed E-state index contributed by atoms with van der Waals surface area (Å²) in [4.78, 5) is 13.9. The van der Waals surface area contributed by atoms with E-state index in [0.29, 0.717) is 19.7 Å². The molecule has 1 aliphatic rings. The number of halogens is 4. The van der Waals surface area contributed by atoms with E-state index < -0.39 is 11.6 Å². The molecule has 0 aromatic heterocycles. The number of benzene rings is 1. The maximum atomic E-state index is 13.8. The molecule has 26 heavy (non-hydrogen) atoms. The molecule has 1 saturated heterocycles. The number of nitrogens with zero attached hydrogens (tertiary/aromatic N) is 1. The fourth-order valence-corrected chi connectivity index (χ4v) is 2.88.